The van der Waals surface area contributed by atoms with Crippen molar-refractivity contribution in [1.82, 2.24) is 10.6 Å². The summed E-state index contributed by atoms with van der Waals surface area (Å²) < 4.78 is 5.15. The summed E-state index contributed by atoms with van der Waals surface area (Å²) in [6.07, 6.45) is 0. The van der Waals surface area contributed by atoms with E-state index in [9.17, 15) is 19.5 Å². The van der Waals surface area contributed by atoms with Gasteiger partial charge in [0.1, 0.15) is 11.5 Å². The second-order valence-corrected chi connectivity index (χ2v) is 5.53. The van der Waals surface area contributed by atoms with Gasteiger partial charge in [-0.2, -0.15) is 0 Å². The number of nitrogens with two attached hydrogens (primary N) is 1. The molecule has 1 heterocycles. The number of hydrogen-bond donors (Lipinski definition) is 4. The van der Waals surface area contributed by atoms with E-state index >= 15 is 0 Å². The molecule has 1 fully saturated rings. The van der Waals surface area contributed by atoms with Crippen molar-refractivity contribution >= 4 is 17.9 Å². The Hall–Kier alpha value is -1.83. The lowest BCUT2D eigenvalue weighted by Gasteiger charge is -2.28. The molecule has 1 aliphatic heterocycles. The minimum Gasteiger partial charge on any atom is -0.481 e. The van der Waals surface area contributed by atoms with Gasteiger partial charge in [0, 0.05) is 0 Å². The van der Waals surface area contributed by atoms with E-state index in [1.165, 1.54) is 6.92 Å². The van der Waals surface area contributed by atoms with E-state index in [1.807, 2.05) is 0 Å². The molecule has 0 saturated carbocycles. The van der Waals surface area contributed by atoms with Crippen molar-refractivity contribution in [2.75, 3.05) is 13.2 Å². The first-order valence-electron chi connectivity index (χ1n) is 6.36. The third kappa shape index (κ3) is 3.38. The predicted octanol–water partition coefficient (Wildman–Crippen LogP) is -0.715. The van der Waals surface area contributed by atoms with Gasteiger partial charge in [0.15, 0.2) is 0 Å². The number of amides is 3. The molecule has 1 aliphatic rings. The number of ether oxygens (including phenoxy) is 1. The van der Waals surface area contributed by atoms with Gasteiger partial charge in [-0.3, -0.25) is 9.59 Å². The van der Waals surface area contributed by atoms with Crippen LogP contribution in [0.5, 0.6) is 0 Å². The molecule has 8 heteroatoms. The molecule has 20 heavy (non-hydrogen) atoms. The zero-order valence-corrected chi connectivity index (χ0v) is 11.8. The quantitative estimate of drug-likeness (QED) is 0.530. The fourth-order valence-corrected chi connectivity index (χ4v) is 2.03. The number of aliphatic carboxylic acids is 1. The van der Waals surface area contributed by atoms with E-state index in [1.54, 1.807) is 13.8 Å². The number of hydrogen-bond acceptors (Lipinski definition) is 4. The summed E-state index contributed by atoms with van der Waals surface area (Å²) in [6, 6.07) is -2.27. The summed E-state index contributed by atoms with van der Waals surface area (Å²) >= 11 is 0. The molecule has 0 spiro atoms. The van der Waals surface area contributed by atoms with E-state index in [2.05, 4.69) is 10.6 Å². The van der Waals surface area contributed by atoms with Crippen LogP contribution in [0.15, 0.2) is 0 Å². The lowest BCUT2D eigenvalue weighted by atomic mass is 9.85. The van der Waals surface area contributed by atoms with Crippen molar-refractivity contribution in [3.63, 3.8) is 0 Å². The summed E-state index contributed by atoms with van der Waals surface area (Å²) in [4.78, 5) is 34.3. The van der Waals surface area contributed by atoms with Crippen LogP contribution in [0.3, 0.4) is 0 Å². The third-order valence-electron chi connectivity index (χ3n) is 3.51. The molecular formula is C12H21N3O5. The highest BCUT2D eigenvalue weighted by atomic mass is 16.5. The van der Waals surface area contributed by atoms with Gasteiger partial charge in [0.2, 0.25) is 5.91 Å². The Labute approximate surface area is 117 Å². The van der Waals surface area contributed by atoms with Gasteiger partial charge in [-0.1, -0.05) is 13.8 Å². The molecule has 0 bridgehead atoms. The number of nitrogens with one attached hydrogen (secondary N) is 2. The van der Waals surface area contributed by atoms with Crippen LogP contribution in [-0.4, -0.2) is 48.3 Å². The second-order valence-electron chi connectivity index (χ2n) is 5.53. The standard InChI is InChI=1S/C12H21N3O5/c1-6(2)8(15-11(13)19)9(16)14-7-4-20-5-12(7,3)10(17)18/h6-8H,4-5H2,1-3H3,(H,14,16)(H,17,18)(H3,13,15,19). The summed E-state index contributed by atoms with van der Waals surface area (Å²) in [7, 11) is 0. The highest BCUT2D eigenvalue weighted by molar-refractivity contribution is 5.87. The van der Waals surface area contributed by atoms with E-state index in [4.69, 9.17) is 10.5 Å². The number of rotatable bonds is 5. The molecule has 0 aromatic rings. The molecule has 1 rings (SSSR count). The van der Waals surface area contributed by atoms with Crippen LogP contribution >= 0.6 is 0 Å². The molecule has 114 valence electrons. The van der Waals surface area contributed by atoms with Gasteiger partial charge in [-0.25, -0.2) is 4.79 Å². The third-order valence-corrected chi connectivity index (χ3v) is 3.51. The maximum absolute atomic E-state index is 12.2. The topological polar surface area (TPSA) is 131 Å². The first-order valence-corrected chi connectivity index (χ1v) is 6.36. The predicted molar refractivity (Wildman–Crippen MR) is 69.8 cm³/mol. The van der Waals surface area contributed by atoms with Gasteiger partial charge in [0.05, 0.1) is 19.3 Å². The van der Waals surface area contributed by atoms with Gasteiger partial charge in [-0.05, 0) is 12.8 Å². The minimum atomic E-state index is -1.18. The SMILES string of the molecule is CC(C)C(NC(N)=O)C(=O)NC1COCC1(C)C(=O)O. The normalized spacial score (nSPS) is 27.1. The lowest BCUT2D eigenvalue weighted by molar-refractivity contribution is -0.149. The molecule has 0 aromatic heterocycles. The fourth-order valence-electron chi connectivity index (χ4n) is 2.03. The molecule has 0 aliphatic carbocycles. The Bertz CT molecular complexity index is 412. The van der Waals surface area contributed by atoms with Gasteiger partial charge in [0.25, 0.3) is 0 Å². The van der Waals surface area contributed by atoms with Crippen LogP contribution in [0.4, 0.5) is 4.79 Å². The largest absolute Gasteiger partial charge is 0.481 e. The summed E-state index contributed by atoms with van der Waals surface area (Å²) in [5.74, 6) is -1.69. The lowest BCUT2D eigenvalue weighted by Crippen LogP contribution is -2.57. The summed E-state index contributed by atoms with van der Waals surface area (Å²) in [6.45, 7) is 5.17. The molecule has 3 unspecified atom stereocenters. The average Bonchev–Trinajstić information content (AvgIpc) is 2.68. The summed E-state index contributed by atoms with van der Waals surface area (Å²) in [5.41, 5.74) is 3.85. The van der Waals surface area contributed by atoms with Crippen molar-refractivity contribution in [3.05, 3.63) is 0 Å². The Morgan fingerprint density at radius 3 is 2.45 bits per heavy atom. The second kappa shape index (κ2) is 6.08. The highest BCUT2D eigenvalue weighted by Crippen LogP contribution is 2.28. The first kappa shape index (κ1) is 16.2. The molecule has 3 atom stereocenters. The maximum Gasteiger partial charge on any atom is 0.313 e. The monoisotopic (exact) mass is 287 g/mol. The van der Waals surface area contributed by atoms with Gasteiger partial charge >= 0.3 is 12.0 Å². The molecule has 5 N–H and O–H groups in total. The number of primary amides is 1. The van der Waals surface area contributed by atoms with E-state index in [0.717, 1.165) is 0 Å². The van der Waals surface area contributed by atoms with Crippen molar-refractivity contribution in [3.8, 4) is 0 Å². The number of urea groups is 1. The van der Waals surface area contributed by atoms with E-state index < -0.39 is 35.4 Å². The molecule has 3 amide bonds. The van der Waals surface area contributed by atoms with Crippen molar-refractivity contribution in [2.24, 2.45) is 17.1 Å². The van der Waals surface area contributed by atoms with Crippen molar-refractivity contribution in [2.45, 2.75) is 32.9 Å². The zero-order chi connectivity index (χ0) is 15.5. The van der Waals surface area contributed by atoms with Crippen LogP contribution in [-0.2, 0) is 14.3 Å². The molecular weight excluding hydrogens is 266 g/mol. The van der Waals surface area contributed by atoms with E-state index in [-0.39, 0.29) is 19.1 Å². The number of carbonyl (C=O) groups excluding carboxylic acids is 2. The molecule has 8 nitrogen and oxygen atoms in total. The maximum atomic E-state index is 12.2. The smallest absolute Gasteiger partial charge is 0.313 e. The zero-order valence-electron chi connectivity index (χ0n) is 11.8. The van der Waals surface area contributed by atoms with Crippen LogP contribution in [0, 0.1) is 11.3 Å². The van der Waals surface area contributed by atoms with E-state index in [0.29, 0.717) is 0 Å². The number of carboxylic acid groups (broad SMARTS) is 1. The van der Waals surface area contributed by atoms with Crippen LogP contribution in [0.2, 0.25) is 0 Å². The van der Waals surface area contributed by atoms with Crippen molar-refractivity contribution in [1.29, 1.82) is 0 Å². The Balaban J connectivity index is 2.78. The van der Waals surface area contributed by atoms with Gasteiger partial charge in [-0.15, -0.1) is 0 Å². The van der Waals surface area contributed by atoms with Crippen LogP contribution in [0.1, 0.15) is 20.8 Å². The van der Waals surface area contributed by atoms with Crippen LogP contribution < -0.4 is 16.4 Å². The Morgan fingerprint density at radius 2 is 2.00 bits per heavy atom. The minimum absolute atomic E-state index is 0.0306. The summed E-state index contributed by atoms with van der Waals surface area (Å²) in [5, 5.41) is 14.2. The Morgan fingerprint density at radius 1 is 1.40 bits per heavy atom. The highest BCUT2D eigenvalue weighted by Gasteiger charge is 2.47. The van der Waals surface area contributed by atoms with Gasteiger partial charge < -0.3 is 26.2 Å². The number of carbonyl (C=O) groups is 3. The van der Waals surface area contributed by atoms with Crippen molar-refractivity contribution < 1.29 is 24.2 Å². The fraction of sp³-hybridized carbons (Fsp3) is 0.750. The molecule has 0 aromatic carbocycles. The average molecular weight is 287 g/mol. The Kier molecular flexibility index (Phi) is 4.93. The van der Waals surface area contributed by atoms with Crippen LogP contribution in [0.25, 0.3) is 0 Å². The number of carboxylic acids is 1. The molecule has 1 saturated heterocycles. The molecule has 0 radical (unpaired) electrons. The first-order chi connectivity index (χ1) is 9.18.